The molecule has 1 rings (SSSR count). The summed E-state index contributed by atoms with van der Waals surface area (Å²) in [6, 6.07) is 0.362. The summed E-state index contributed by atoms with van der Waals surface area (Å²) in [5.74, 6) is 1.46. The second-order valence-electron chi connectivity index (χ2n) is 4.89. The molecular weight excluding hydrogens is 400 g/mol. The Bertz CT molecular complexity index is 239. The van der Waals surface area contributed by atoms with Gasteiger partial charge in [0, 0.05) is 31.1 Å². The molecule has 0 aromatic rings. The van der Waals surface area contributed by atoms with E-state index in [-0.39, 0.29) is 42.3 Å². The number of carbonyl (C=O) groups is 1. The molecule has 1 aliphatic heterocycles. The largest absolute Gasteiger partial charge is 0.333 e. The van der Waals surface area contributed by atoms with E-state index in [4.69, 9.17) is 0 Å². The molecule has 3 heteroatoms. The van der Waals surface area contributed by atoms with Gasteiger partial charge in [0.15, 0.2) is 0 Å². The van der Waals surface area contributed by atoms with Gasteiger partial charge in [0.2, 0.25) is 0 Å². The maximum Gasteiger partial charge on any atom is 0.119 e. The molecule has 2 nitrogen and oxygen atoms in total. The molecule has 1 saturated heterocycles. The minimum atomic E-state index is -0.414. The predicted molar refractivity (Wildman–Crippen MR) is 54.4 cm³/mol. The minimum Gasteiger partial charge on any atom is -0.333 e. The summed E-state index contributed by atoms with van der Waals surface area (Å²) in [6.45, 7) is 12.2. The monoisotopic (exact) mass is 420 g/mol. The van der Waals surface area contributed by atoms with Crippen LogP contribution in [0, 0.1) is 42.4 Å². The van der Waals surface area contributed by atoms with Crippen LogP contribution in [0.4, 0.5) is 0 Å². The predicted octanol–water partition coefficient (Wildman–Crippen LogP) is 1.95. The van der Waals surface area contributed by atoms with Crippen molar-refractivity contribution in [3.8, 4) is 0 Å². The average molecular weight is 420 g/mol. The number of ketones is 1. The van der Waals surface area contributed by atoms with E-state index in [1.165, 1.54) is 5.92 Å². The molecule has 2 atom stereocenters. The van der Waals surface area contributed by atoms with Crippen LogP contribution in [0.5, 0.6) is 0 Å². The number of rotatable bonds is 1. The van der Waals surface area contributed by atoms with Crippen molar-refractivity contribution in [1.29, 1.82) is 0 Å². The van der Waals surface area contributed by atoms with Gasteiger partial charge in [-0.2, -0.15) is 6.92 Å². The van der Waals surface area contributed by atoms with Crippen molar-refractivity contribution in [2.24, 2.45) is 5.41 Å². The first-order valence-corrected chi connectivity index (χ1v) is 4.86. The summed E-state index contributed by atoms with van der Waals surface area (Å²) in [4.78, 5) is 11.5. The number of hydrogen-bond donors (Lipinski definition) is 1. The molecule has 1 aliphatic rings. The molecule has 0 spiro atoms. The molecule has 1 heterocycles. The Labute approximate surface area is 111 Å². The molecular formula is C11H20NOU-. The second kappa shape index (κ2) is 4.28. The SMILES string of the molecule is CC(=O)C1(C)NC(C)C(C)(C)[C-]1C.[U]. The van der Waals surface area contributed by atoms with E-state index < -0.39 is 5.54 Å². The first-order valence-electron chi connectivity index (χ1n) is 4.86. The van der Waals surface area contributed by atoms with Crippen molar-refractivity contribution in [2.75, 3.05) is 0 Å². The molecule has 1 N–H and O–H groups in total. The smallest absolute Gasteiger partial charge is 0.119 e. The van der Waals surface area contributed by atoms with Crippen LogP contribution in [-0.2, 0) is 4.79 Å². The van der Waals surface area contributed by atoms with Crippen LogP contribution in [0.2, 0.25) is 0 Å². The van der Waals surface area contributed by atoms with Gasteiger partial charge in [-0.1, -0.05) is 27.7 Å². The maximum absolute atomic E-state index is 11.5. The number of Topliss-reactive ketones (excluding diaryl/α,β-unsaturated/α-hetero) is 1. The van der Waals surface area contributed by atoms with Crippen molar-refractivity contribution in [1.82, 2.24) is 5.32 Å². The van der Waals surface area contributed by atoms with E-state index in [2.05, 4.69) is 33.0 Å². The molecule has 0 saturated carbocycles. The summed E-state index contributed by atoms with van der Waals surface area (Å²) in [5.41, 5.74) is -0.302. The Balaban J connectivity index is 0.00000169. The molecule has 0 aliphatic carbocycles. The van der Waals surface area contributed by atoms with E-state index >= 15 is 0 Å². The van der Waals surface area contributed by atoms with Crippen LogP contribution in [0.1, 0.15) is 41.5 Å². The number of hydrogen-bond acceptors (Lipinski definition) is 2. The molecule has 0 radical (unpaired) electrons. The van der Waals surface area contributed by atoms with Gasteiger partial charge in [0.25, 0.3) is 0 Å². The third-order valence-electron chi connectivity index (χ3n) is 4.01. The molecule has 0 amide bonds. The van der Waals surface area contributed by atoms with Crippen LogP contribution >= 0.6 is 0 Å². The first-order chi connectivity index (χ1) is 5.73. The van der Waals surface area contributed by atoms with Crippen molar-refractivity contribution in [3.63, 3.8) is 0 Å². The fourth-order valence-electron chi connectivity index (χ4n) is 2.06. The first kappa shape index (κ1) is 14.7. The Morgan fingerprint density at radius 1 is 1.36 bits per heavy atom. The summed E-state index contributed by atoms with van der Waals surface area (Å²) in [5, 5.41) is 3.38. The van der Waals surface area contributed by atoms with Crippen molar-refractivity contribution >= 4 is 5.78 Å². The van der Waals surface area contributed by atoms with Gasteiger partial charge in [0.05, 0.1) is 0 Å². The molecule has 0 aromatic heterocycles. The van der Waals surface area contributed by atoms with Crippen LogP contribution in [-0.4, -0.2) is 17.4 Å². The summed E-state index contributed by atoms with van der Waals surface area (Å²) >= 11 is 0. The summed E-state index contributed by atoms with van der Waals surface area (Å²) < 4.78 is 0. The van der Waals surface area contributed by atoms with Gasteiger partial charge < -0.3 is 10.1 Å². The molecule has 0 bridgehead atoms. The number of nitrogens with one attached hydrogen (secondary N) is 1. The molecule has 80 valence electrons. The van der Waals surface area contributed by atoms with Gasteiger partial charge in [-0.15, -0.1) is 5.41 Å². The average Bonchev–Trinajstić information content (AvgIpc) is 2.14. The topological polar surface area (TPSA) is 29.1 Å². The van der Waals surface area contributed by atoms with Crippen LogP contribution in [0.25, 0.3) is 0 Å². The Morgan fingerprint density at radius 3 is 1.93 bits per heavy atom. The van der Waals surface area contributed by atoms with Crippen LogP contribution in [0.3, 0.4) is 0 Å². The quantitative estimate of drug-likeness (QED) is 0.658. The molecule has 14 heavy (non-hydrogen) atoms. The van der Waals surface area contributed by atoms with Gasteiger partial charge in [0.1, 0.15) is 5.78 Å². The fraction of sp³-hybridized carbons (Fsp3) is 0.818. The molecule has 1 fully saturated rings. The molecule has 0 aromatic carbocycles. The van der Waals surface area contributed by atoms with E-state index in [0.717, 1.165) is 0 Å². The minimum absolute atomic E-state index is 0. The van der Waals surface area contributed by atoms with Crippen molar-refractivity contribution in [3.05, 3.63) is 5.92 Å². The van der Waals surface area contributed by atoms with E-state index in [0.29, 0.717) is 6.04 Å². The Kier molecular flexibility index (Phi) is 4.49. The van der Waals surface area contributed by atoms with Gasteiger partial charge >= 0.3 is 0 Å². The summed E-state index contributed by atoms with van der Waals surface area (Å²) in [6.07, 6.45) is 0. The third-order valence-corrected chi connectivity index (χ3v) is 4.01. The van der Waals surface area contributed by atoms with Crippen LogP contribution < -0.4 is 5.32 Å². The standard InChI is InChI=1S/C11H20NO.U/c1-7-10(4,5)8(2)12-11(7,6)9(3)13;/h8,12H,1-6H3;/q-1;. The second-order valence-corrected chi connectivity index (χ2v) is 4.89. The Morgan fingerprint density at radius 2 is 1.79 bits per heavy atom. The van der Waals surface area contributed by atoms with Gasteiger partial charge in [-0.25, -0.2) is 0 Å². The zero-order valence-electron chi connectivity index (χ0n) is 9.99. The van der Waals surface area contributed by atoms with E-state index in [1.54, 1.807) is 6.92 Å². The van der Waals surface area contributed by atoms with Gasteiger partial charge in [-0.3, -0.25) is 5.92 Å². The van der Waals surface area contributed by atoms with E-state index in [1.807, 2.05) is 6.92 Å². The van der Waals surface area contributed by atoms with Crippen LogP contribution in [0.15, 0.2) is 0 Å². The van der Waals surface area contributed by atoms with E-state index in [9.17, 15) is 4.79 Å². The Hall–Kier alpha value is 0.682. The normalized spacial score (nSPS) is 36.6. The van der Waals surface area contributed by atoms with Crippen molar-refractivity contribution in [2.45, 2.75) is 53.1 Å². The third kappa shape index (κ3) is 1.96. The van der Waals surface area contributed by atoms with Gasteiger partial charge in [-0.05, 0) is 18.5 Å². The van der Waals surface area contributed by atoms with Crippen molar-refractivity contribution < 1.29 is 35.9 Å². The zero-order valence-corrected chi connectivity index (χ0v) is 14.1. The molecule has 2 unspecified atom stereocenters. The summed E-state index contributed by atoms with van der Waals surface area (Å²) in [7, 11) is 0. The fourth-order valence-corrected chi connectivity index (χ4v) is 2.06. The maximum atomic E-state index is 11.5. The zero-order chi connectivity index (χ0) is 10.4. The number of carbonyl (C=O) groups excluding carboxylic acids is 1.